The number of aryl methyl sites for hydroxylation is 2. The zero-order valence-corrected chi connectivity index (χ0v) is 13.4. The standard InChI is InChI=1S/C16H15BrN4/c1-9-5-12(6-10(2)15(9)17)21-16-13-7-11(18)3-4-14(13)19-8-20-16/h3-8H,18H2,1-2H3,(H,19,20,21). The summed E-state index contributed by atoms with van der Waals surface area (Å²) in [6.45, 7) is 4.14. The van der Waals surface area contributed by atoms with Crippen LogP contribution in [0.25, 0.3) is 10.9 Å². The van der Waals surface area contributed by atoms with E-state index in [1.54, 1.807) is 6.33 Å². The first-order valence-electron chi connectivity index (χ1n) is 6.58. The SMILES string of the molecule is Cc1cc(Nc2ncnc3ccc(N)cc23)cc(C)c1Br. The molecule has 3 rings (SSSR count). The highest BCUT2D eigenvalue weighted by Crippen LogP contribution is 2.29. The molecule has 0 saturated heterocycles. The van der Waals surface area contributed by atoms with Crippen molar-refractivity contribution in [1.29, 1.82) is 0 Å². The van der Waals surface area contributed by atoms with Gasteiger partial charge in [0, 0.05) is 21.2 Å². The fourth-order valence-corrected chi connectivity index (χ4v) is 2.56. The number of nitrogens with zero attached hydrogens (tertiary/aromatic N) is 2. The number of nitrogen functional groups attached to an aromatic ring is 1. The lowest BCUT2D eigenvalue weighted by molar-refractivity contribution is 1.21. The first-order valence-corrected chi connectivity index (χ1v) is 7.38. The van der Waals surface area contributed by atoms with Crippen LogP contribution in [0, 0.1) is 13.8 Å². The fourth-order valence-electron chi connectivity index (χ4n) is 2.33. The largest absolute Gasteiger partial charge is 0.399 e. The number of hydrogen-bond donors (Lipinski definition) is 2. The van der Waals surface area contributed by atoms with Crippen LogP contribution in [-0.2, 0) is 0 Å². The zero-order valence-electron chi connectivity index (χ0n) is 11.8. The topological polar surface area (TPSA) is 63.8 Å². The molecule has 0 saturated carbocycles. The van der Waals surface area contributed by atoms with Crippen molar-refractivity contribution in [2.24, 2.45) is 0 Å². The van der Waals surface area contributed by atoms with Gasteiger partial charge in [-0.15, -0.1) is 0 Å². The van der Waals surface area contributed by atoms with Gasteiger partial charge in [-0.05, 0) is 55.3 Å². The predicted molar refractivity (Wildman–Crippen MR) is 90.8 cm³/mol. The van der Waals surface area contributed by atoms with E-state index in [0.29, 0.717) is 5.69 Å². The van der Waals surface area contributed by atoms with Crippen molar-refractivity contribution in [1.82, 2.24) is 9.97 Å². The summed E-state index contributed by atoms with van der Waals surface area (Å²) in [5.41, 5.74) is 10.8. The molecule has 0 atom stereocenters. The van der Waals surface area contributed by atoms with Gasteiger partial charge < -0.3 is 11.1 Å². The maximum atomic E-state index is 5.86. The van der Waals surface area contributed by atoms with E-state index in [1.807, 2.05) is 18.2 Å². The number of benzene rings is 2. The Kier molecular flexibility index (Phi) is 3.51. The molecule has 21 heavy (non-hydrogen) atoms. The first-order chi connectivity index (χ1) is 10.0. The maximum absolute atomic E-state index is 5.86. The van der Waals surface area contributed by atoms with Crippen molar-refractivity contribution in [3.05, 3.63) is 52.3 Å². The summed E-state index contributed by atoms with van der Waals surface area (Å²) in [7, 11) is 0. The smallest absolute Gasteiger partial charge is 0.141 e. The molecule has 0 bridgehead atoms. The third-order valence-corrected chi connectivity index (χ3v) is 4.61. The summed E-state index contributed by atoms with van der Waals surface area (Å²) in [5, 5.41) is 4.27. The molecule has 3 N–H and O–H groups in total. The van der Waals surface area contributed by atoms with Gasteiger partial charge in [-0.2, -0.15) is 0 Å². The lowest BCUT2D eigenvalue weighted by Crippen LogP contribution is -1.98. The lowest BCUT2D eigenvalue weighted by atomic mass is 10.1. The maximum Gasteiger partial charge on any atom is 0.141 e. The molecular formula is C16H15BrN4. The molecule has 4 nitrogen and oxygen atoms in total. The van der Waals surface area contributed by atoms with Crippen molar-refractivity contribution in [3.63, 3.8) is 0 Å². The molecule has 0 unspecified atom stereocenters. The van der Waals surface area contributed by atoms with E-state index >= 15 is 0 Å². The highest BCUT2D eigenvalue weighted by molar-refractivity contribution is 9.10. The zero-order chi connectivity index (χ0) is 15.0. The minimum atomic E-state index is 0.698. The molecule has 0 spiro atoms. The molecule has 0 aliphatic rings. The predicted octanol–water partition coefficient (Wildman–Crippen LogP) is 4.33. The van der Waals surface area contributed by atoms with Gasteiger partial charge in [0.1, 0.15) is 12.1 Å². The molecule has 106 valence electrons. The summed E-state index contributed by atoms with van der Waals surface area (Å²) in [6.07, 6.45) is 1.55. The van der Waals surface area contributed by atoms with Gasteiger partial charge in [0.05, 0.1) is 5.52 Å². The highest BCUT2D eigenvalue weighted by atomic mass is 79.9. The number of nitrogens with one attached hydrogen (secondary N) is 1. The Hall–Kier alpha value is -2.14. The average Bonchev–Trinajstić information content (AvgIpc) is 2.45. The van der Waals surface area contributed by atoms with E-state index < -0.39 is 0 Å². The summed E-state index contributed by atoms with van der Waals surface area (Å²) in [5.74, 6) is 0.758. The van der Waals surface area contributed by atoms with Crippen LogP contribution in [0.4, 0.5) is 17.2 Å². The van der Waals surface area contributed by atoms with Gasteiger partial charge in [-0.1, -0.05) is 15.9 Å². The molecule has 0 radical (unpaired) electrons. The number of rotatable bonds is 2. The number of nitrogens with two attached hydrogens (primary N) is 1. The molecule has 1 aromatic heterocycles. The Labute approximate surface area is 131 Å². The summed E-state index contributed by atoms with van der Waals surface area (Å²) < 4.78 is 1.13. The second-order valence-corrected chi connectivity index (χ2v) is 5.84. The van der Waals surface area contributed by atoms with Crippen molar-refractivity contribution in [2.45, 2.75) is 13.8 Å². The van der Waals surface area contributed by atoms with Crippen LogP contribution in [0.2, 0.25) is 0 Å². The van der Waals surface area contributed by atoms with Crippen LogP contribution in [0.5, 0.6) is 0 Å². The van der Waals surface area contributed by atoms with Gasteiger partial charge in [-0.25, -0.2) is 9.97 Å². The minimum Gasteiger partial charge on any atom is -0.399 e. The van der Waals surface area contributed by atoms with Crippen LogP contribution >= 0.6 is 15.9 Å². The van der Waals surface area contributed by atoms with Gasteiger partial charge in [0.15, 0.2) is 0 Å². The molecule has 0 amide bonds. The van der Waals surface area contributed by atoms with E-state index in [9.17, 15) is 0 Å². The Morgan fingerprint density at radius 3 is 2.48 bits per heavy atom. The van der Waals surface area contributed by atoms with E-state index in [1.165, 1.54) is 11.1 Å². The Balaban J connectivity index is 2.08. The molecule has 0 aliphatic carbocycles. The first kappa shape index (κ1) is 13.8. The minimum absolute atomic E-state index is 0.698. The third kappa shape index (κ3) is 2.69. The second kappa shape index (κ2) is 5.33. The summed E-state index contributed by atoms with van der Waals surface area (Å²) in [4.78, 5) is 8.60. The number of aromatic nitrogens is 2. The Morgan fingerprint density at radius 2 is 1.76 bits per heavy atom. The molecule has 3 aromatic rings. The lowest BCUT2D eigenvalue weighted by Gasteiger charge is -2.11. The second-order valence-electron chi connectivity index (χ2n) is 5.05. The molecular weight excluding hydrogens is 328 g/mol. The molecule has 2 aromatic carbocycles. The van der Waals surface area contributed by atoms with Crippen LogP contribution in [0.1, 0.15) is 11.1 Å². The normalized spacial score (nSPS) is 10.8. The van der Waals surface area contributed by atoms with E-state index in [4.69, 9.17) is 5.73 Å². The average molecular weight is 343 g/mol. The summed E-state index contributed by atoms with van der Waals surface area (Å²) >= 11 is 3.58. The quantitative estimate of drug-likeness (QED) is 0.680. The number of anilines is 3. The monoisotopic (exact) mass is 342 g/mol. The van der Waals surface area contributed by atoms with Gasteiger partial charge >= 0.3 is 0 Å². The van der Waals surface area contributed by atoms with Crippen LogP contribution < -0.4 is 11.1 Å². The number of hydrogen-bond acceptors (Lipinski definition) is 4. The van der Waals surface area contributed by atoms with Crippen molar-refractivity contribution in [3.8, 4) is 0 Å². The molecule has 0 fully saturated rings. The van der Waals surface area contributed by atoms with Crippen LogP contribution in [-0.4, -0.2) is 9.97 Å². The number of fused-ring (bicyclic) bond motifs is 1. The van der Waals surface area contributed by atoms with Crippen LogP contribution in [0.3, 0.4) is 0 Å². The van der Waals surface area contributed by atoms with Crippen molar-refractivity contribution in [2.75, 3.05) is 11.1 Å². The molecule has 1 heterocycles. The summed E-state index contributed by atoms with van der Waals surface area (Å²) in [6, 6.07) is 9.79. The van der Waals surface area contributed by atoms with Crippen molar-refractivity contribution >= 4 is 44.0 Å². The Morgan fingerprint density at radius 1 is 1.05 bits per heavy atom. The van der Waals surface area contributed by atoms with Gasteiger partial charge in [0.2, 0.25) is 0 Å². The molecule has 0 aliphatic heterocycles. The number of halogens is 1. The van der Waals surface area contributed by atoms with E-state index in [0.717, 1.165) is 26.9 Å². The van der Waals surface area contributed by atoms with Crippen LogP contribution in [0.15, 0.2) is 41.1 Å². The highest BCUT2D eigenvalue weighted by Gasteiger charge is 2.07. The molecule has 5 heteroatoms. The fraction of sp³-hybridized carbons (Fsp3) is 0.125. The van der Waals surface area contributed by atoms with Crippen molar-refractivity contribution < 1.29 is 0 Å². The third-order valence-electron chi connectivity index (χ3n) is 3.36. The van der Waals surface area contributed by atoms with E-state index in [2.05, 4.69) is 57.2 Å². The van der Waals surface area contributed by atoms with E-state index in [-0.39, 0.29) is 0 Å². The van der Waals surface area contributed by atoms with Gasteiger partial charge in [0.25, 0.3) is 0 Å². The Bertz CT molecular complexity index is 807. The van der Waals surface area contributed by atoms with Gasteiger partial charge in [-0.3, -0.25) is 0 Å².